The Bertz CT molecular complexity index is 1070. The molecule has 0 aliphatic heterocycles. The molecule has 0 radical (unpaired) electrons. The lowest BCUT2D eigenvalue weighted by Crippen LogP contribution is -2.40. The van der Waals surface area contributed by atoms with E-state index in [1.54, 1.807) is 0 Å². The van der Waals surface area contributed by atoms with Gasteiger partial charge in [0.15, 0.2) is 0 Å². The molecule has 0 fully saturated rings. The first-order valence-electron chi connectivity index (χ1n) is 10.7. The molecule has 8 heteroatoms. The van der Waals surface area contributed by atoms with Gasteiger partial charge in [0.25, 0.3) is 0 Å². The highest BCUT2D eigenvalue weighted by Crippen LogP contribution is 2.37. The normalized spacial score (nSPS) is 13.8. The summed E-state index contributed by atoms with van der Waals surface area (Å²) in [4.78, 5) is 24.3. The second-order valence-corrected chi connectivity index (χ2v) is 15.7. The molecular weight excluding hydrogens is 440 g/mol. The highest BCUT2D eigenvalue weighted by atomic mass is 32.1. The minimum atomic E-state index is -1.14. The fourth-order valence-electron chi connectivity index (χ4n) is 3.74. The number of methoxy groups -OCH3 is 1. The zero-order valence-corrected chi connectivity index (χ0v) is 21.0. The Morgan fingerprint density at radius 3 is 2.62 bits per heavy atom. The molecule has 3 aromatic rings. The van der Waals surface area contributed by atoms with Crippen LogP contribution in [0.15, 0.2) is 47.3 Å². The van der Waals surface area contributed by atoms with E-state index in [2.05, 4.69) is 28.9 Å². The van der Waals surface area contributed by atoms with Gasteiger partial charge in [-0.3, -0.25) is 9.59 Å². The van der Waals surface area contributed by atoms with Crippen LogP contribution in [0, 0.1) is 0 Å². The third-order valence-corrected chi connectivity index (χ3v) is 7.99. The molecule has 2 heterocycles. The molecule has 1 atom stereocenters. The SMILES string of the molecule is COC(=O)CC(=O)CC(N)(c1ccsc1)c1cccc2c1ccn2COCC[Si](C)(C)C. The fraction of sp³-hybridized carbons (Fsp3) is 0.417. The number of aromatic nitrogens is 1. The molecule has 6 nitrogen and oxygen atoms in total. The average Bonchev–Trinajstić information content (AvgIpc) is 3.40. The van der Waals surface area contributed by atoms with E-state index in [1.165, 1.54) is 18.4 Å². The van der Waals surface area contributed by atoms with Crippen molar-refractivity contribution in [3.05, 3.63) is 58.4 Å². The Labute approximate surface area is 194 Å². The maximum atomic E-state index is 12.7. The first-order valence-corrected chi connectivity index (χ1v) is 15.4. The first kappa shape index (κ1) is 24.4. The van der Waals surface area contributed by atoms with Crippen molar-refractivity contribution in [3.63, 3.8) is 0 Å². The smallest absolute Gasteiger partial charge is 0.313 e. The second-order valence-electron chi connectivity index (χ2n) is 9.32. The van der Waals surface area contributed by atoms with Crippen molar-refractivity contribution in [3.8, 4) is 0 Å². The van der Waals surface area contributed by atoms with Gasteiger partial charge in [-0.05, 0) is 46.1 Å². The summed E-state index contributed by atoms with van der Waals surface area (Å²) >= 11 is 1.53. The predicted octanol–water partition coefficient (Wildman–Crippen LogP) is 4.74. The number of hydrogen-bond acceptors (Lipinski definition) is 6. The summed E-state index contributed by atoms with van der Waals surface area (Å²) in [6.45, 7) is 8.21. The first-order chi connectivity index (χ1) is 15.1. The van der Waals surface area contributed by atoms with E-state index in [-0.39, 0.29) is 18.6 Å². The van der Waals surface area contributed by atoms with Crippen LogP contribution in [0.25, 0.3) is 10.9 Å². The Hall–Kier alpha value is -2.26. The van der Waals surface area contributed by atoms with Crippen LogP contribution in [-0.2, 0) is 31.3 Å². The number of Topliss-reactive ketones (excluding diaryl/α,β-unsaturated/α-hetero) is 1. The molecule has 32 heavy (non-hydrogen) atoms. The summed E-state index contributed by atoms with van der Waals surface area (Å²) in [5, 5.41) is 4.88. The van der Waals surface area contributed by atoms with E-state index in [4.69, 9.17) is 10.5 Å². The summed E-state index contributed by atoms with van der Waals surface area (Å²) in [5.41, 5.74) is 8.61. The van der Waals surface area contributed by atoms with Crippen molar-refractivity contribution in [1.82, 2.24) is 4.57 Å². The third kappa shape index (κ3) is 5.75. The summed E-state index contributed by atoms with van der Waals surface area (Å²) in [7, 11) is 0.135. The van der Waals surface area contributed by atoms with Gasteiger partial charge in [0.1, 0.15) is 18.9 Å². The van der Waals surface area contributed by atoms with Crippen LogP contribution in [0.4, 0.5) is 0 Å². The van der Waals surface area contributed by atoms with Crippen molar-refractivity contribution in [2.24, 2.45) is 5.73 Å². The molecule has 3 rings (SSSR count). The molecule has 0 saturated carbocycles. The lowest BCUT2D eigenvalue weighted by Gasteiger charge is -2.30. The van der Waals surface area contributed by atoms with Crippen molar-refractivity contribution in [2.45, 2.75) is 50.8 Å². The summed E-state index contributed by atoms with van der Waals surface area (Å²) in [5.74, 6) is -0.806. The lowest BCUT2D eigenvalue weighted by atomic mass is 9.79. The lowest BCUT2D eigenvalue weighted by molar-refractivity contribution is -0.143. The molecule has 0 saturated heterocycles. The molecule has 2 N–H and O–H groups in total. The fourth-order valence-corrected chi connectivity index (χ4v) is 5.24. The monoisotopic (exact) mass is 472 g/mol. The van der Waals surface area contributed by atoms with E-state index in [9.17, 15) is 9.59 Å². The molecule has 1 aromatic carbocycles. The number of nitrogens with two attached hydrogens (primary N) is 1. The number of ether oxygens (including phenoxy) is 2. The molecule has 0 bridgehead atoms. The number of ketones is 1. The Morgan fingerprint density at radius 1 is 1.19 bits per heavy atom. The van der Waals surface area contributed by atoms with Gasteiger partial charge in [-0.1, -0.05) is 31.8 Å². The minimum absolute atomic E-state index is 0.00976. The van der Waals surface area contributed by atoms with Gasteiger partial charge in [-0.15, -0.1) is 0 Å². The maximum absolute atomic E-state index is 12.7. The van der Waals surface area contributed by atoms with Crippen molar-refractivity contribution < 1.29 is 19.1 Å². The molecule has 0 spiro atoms. The van der Waals surface area contributed by atoms with Crippen molar-refractivity contribution in [1.29, 1.82) is 0 Å². The van der Waals surface area contributed by atoms with Gasteiger partial charge in [-0.25, -0.2) is 0 Å². The molecule has 1 unspecified atom stereocenters. The maximum Gasteiger partial charge on any atom is 0.313 e. The van der Waals surface area contributed by atoms with Gasteiger partial charge in [-0.2, -0.15) is 11.3 Å². The number of rotatable bonds is 11. The van der Waals surface area contributed by atoms with Crippen LogP contribution in [0.2, 0.25) is 25.7 Å². The van der Waals surface area contributed by atoms with E-state index in [0.29, 0.717) is 6.73 Å². The van der Waals surface area contributed by atoms with Crippen LogP contribution >= 0.6 is 11.3 Å². The number of hydrogen-bond donors (Lipinski definition) is 1. The number of nitrogens with zero attached hydrogens (tertiary/aromatic N) is 1. The summed E-state index contributed by atoms with van der Waals surface area (Å²) in [6, 6.07) is 11.0. The van der Waals surface area contributed by atoms with Crippen molar-refractivity contribution >= 4 is 42.1 Å². The van der Waals surface area contributed by atoms with Gasteiger partial charge in [0.2, 0.25) is 0 Å². The number of carbonyl (C=O) groups excluding carboxylic acids is 2. The highest BCUT2D eigenvalue weighted by Gasteiger charge is 2.35. The van der Waals surface area contributed by atoms with Crippen LogP contribution in [0.1, 0.15) is 24.0 Å². The predicted molar refractivity (Wildman–Crippen MR) is 132 cm³/mol. The molecule has 0 amide bonds. The van der Waals surface area contributed by atoms with Crippen LogP contribution in [-0.4, -0.2) is 38.1 Å². The summed E-state index contributed by atoms with van der Waals surface area (Å²) in [6.07, 6.45) is 1.71. The highest BCUT2D eigenvalue weighted by molar-refractivity contribution is 7.08. The zero-order chi connectivity index (χ0) is 23.4. The molecule has 172 valence electrons. The Morgan fingerprint density at radius 2 is 1.97 bits per heavy atom. The Kier molecular flexibility index (Phi) is 7.71. The van der Waals surface area contributed by atoms with Gasteiger partial charge in [0, 0.05) is 32.7 Å². The molecule has 2 aromatic heterocycles. The van der Waals surface area contributed by atoms with Crippen LogP contribution < -0.4 is 5.73 Å². The van der Waals surface area contributed by atoms with Crippen molar-refractivity contribution in [2.75, 3.05) is 13.7 Å². The van der Waals surface area contributed by atoms with Gasteiger partial charge >= 0.3 is 5.97 Å². The quantitative estimate of drug-likeness (QED) is 0.189. The molecular formula is C24H32N2O4SSi. The molecule has 0 aliphatic rings. The van der Waals surface area contributed by atoms with E-state index in [0.717, 1.165) is 34.7 Å². The van der Waals surface area contributed by atoms with Crippen LogP contribution in [0.3, 0.4) is 0 Å². The summed E-state index contributed by atoms with van der Waals surface area (Å²) < 4.78 is 12.7. The zero-order valence-electron chi connectivity index (χ0n) is 19.2. The Balaban J connectivity index is 1.91. The standard InChI is InChI=1S/C24H32N2O4SSi/c1-29-23(28)14-19(27)15-24(25,18-9-12-31-16-18)21-6-5-7-22-20(21)8-10-26(22)17-30-11-13-32(2,3)4/h5-10,12,16H,11,13-15,17,25H2,1-4H3. The number of thiophene rings is 1. The molecule has 0 aliphatic carbocycles. The minimum Gasteiger partial charge on any atom is -0.469 e. The van der Waals surface area contributed by atoms with E-state index < -0.39 is 19.6 Å². The number of fused-ring (bicyclic) bond motifs is 1. The third-order valence-electron chi connectivity index (χ3n) is 5.60. The van der Waals surface area contributed by atoms with E-state index >= 15 is 0 Å². The number of esters is 1. The number of carbonyl (C=O) groups is 2. The second kappa shape index (κ2) is 10.1. The number of benzene rings is 1. The topological polar surface area (TPSA) is 83.5 Å². The largest absolute Gasteiger partial charge is 0.469 e. The average molecular weight is 473 g/mol. The van der Waals surface area contributed by atoms with Gasteiger partial charge in [0.05, 0.1) is 18.2 Å². The van der Waals surface area contributed by atoms with Gasteiger partial charge < -0.3 is 19.8 Å². The van der Waals surface area contributed by atoms with Crippen LogP contribution in [0.5, 0.6) is 0 Å². The van der Waals surface area contributed by atoms with E-state index in [1.807, 2.05) is 47.3 Å².